The number of aliphatic hydroxyl groups is 3. The Morgan fingerprint density at radius 1 is 0.838 bits per heavy atom. The van der Waals surface area contributed by atoms with Gasteiger partial charge < -0.3 is 39.0 Å². The van der Waals surface area contributed by atoms with Crippen LogP contribution >= 0.6 is 0 Å². The van der Waals surface area contributed by atoms with E-state index < -0.39 is 42.8 Å². The lowest BCUT2D eigenvalue weighted by Crippen LogP contribution is -2.60. The minimum atomic E-state index is -1.55. The van der Waals surface area contributed by atoms with Crippen molar-refractivity contribution in [3.63, 3.8) is 0 Å². The Kier molecular flexibility index (Phi) is 11.9. The van der Waals surface area contributed by atoms with Crippen LogP contribution in [-0.4, -0.2) is 77.9 Å². The molecule has 3 rings (SSSR count). The van der Waals surface area contributed by atoms with Crippen molar-refractivity contribution in [2.24, 2.45) is 5.92 Å². The van der Waals surface area contributed by atoms with Gasteiger partial charge in [0.2, 0.25) is 0 Å². The highest BCUT2D eigenvalue weighted by Crippen LogP contribution is 2.24. The molecule has 0 spiro atoms. The maximum absolute atomic E-state index is 11.9. The number of esters is 1. The van der Waals surface area contributed by atoms with Crippen molar-refractivity contribution in [2.75, 3.05) is 19.8 Å². The van der Waals surface area contributed by atoms with Crippen LogP contribution in [0.5, 0.6) is 0 Å². The fourth-order valence-electron chi connectivity index (χ4n) is 3.82. The molecule has 1 aliphatic heterocycles. The van der Waals surface area contributed by atoms with Gasteiger partial charge in [-0.2, -0.15) is 0 Å². The first-order valence-electron chi connectivity index (χ1n) is 12.6. The van der Waals surface area contributed by atoms with Gasteiger partial charge in [0, 0.05) is 6.42 Å². The SMILES string of the molecule is CC(C)CC(=O)OC[C@H]1O[C@@H](OC(COCc2ccccc2)COCc2ccccc2)[C@H](O)[C@@H](O)[C@H]1O. The monoisotopic (exact) mass is 518 g/mol. The Hall–Kier alpha value is -2.37. The summed E-state index contributed by atoms with van der Waals surface area (Å²) in [5, 5.41) is 31.3. The normalized spacial score (nSPS) is 23.9. The number of aliphatic hydroxyl groups excluding tert-OH is 3. The van der Waals surface area contributed by atoms with E-state index in [9.17, 15) is 20.1 Å². The van der Waals surface area contributed by atoms with E-state index in [0.717, 1.165) is 11.1 Å². The zero-order valence-corrected chi connectivity index (χ0v) is 21.3. The lowest BCUT2D eigenvalue weighted by Gasteiger charge is -2.41. The summed E-state index contributed by atoms with van der Waals surface area (Å²) in [6.45, 7) is 4.45. The van der Waals surface area contributed by atoms with E-state index >= 15 is 0 Å². The molecule has 0 amide bonds. The van der Waals surface area contributed by atoms with Crippen LogP contribution in [0.1, 0.15) is 31.4 Å². The molecule has 1 aliphatic rings. The number of ether oxygens (including phenoxy) is 5. The van der Waals surface area contributed by atoms with Crippen molar-refractivity contribution in [1.82, 2.24) is 0 Å². The van der Waals surface area contributed by atoms with Crippen molar-refractivity contribution >= 4 is 5.97 Å². The van der Waals surface area contributed by atoms with Crippen molar-refractivity contribution in [3.05, 3.63) is 71.8 Å². The van der Waals surface area contributed by atoms with E-state index in [1.807, 2.05) is 74.5 Å². The van der Waals surface area contributed by atoms with Crippen LogP contribution in [0.3, 0.4) is 0 Å². The molecule has 37 heavy (non-hydrogen) atoms. The van der Waals surface area contributed by atoms with Gasteiger partial charge in [-0.05, 0) is 17.0 Å². The first-order valence-corrected chi connectivity index (χ1v) is 12.6. The molecule has 1 saturated heterocycles. The average Bonchev–Trinajstić information content (AvgIpc) is 2.89. The molecular formula is C28H38O9. The van der Waals surface area contributed by atoms with Gasteiger partial charge in [-0.15, -0.1) is 0 Å². The fraction of sp³-hybridized carbons (Fsp3) is 0.536. The summed E-state index contributed by atoms with van der Waals surface area (Å²) < 4.78 is 28.6. The summed E-state index contributed by atoms with van der Waals surface area (Å²) in [5.41, 5.74) is 1.98. The molecule has 2 aromatic carbocycles. The maximum Gasteiger partial charge on any atom is 0.306 e. The minimum Gasteiger partial charge on any atom is -0.463 e. The summed E-state index contributed by atoms with van der Waals surface area (Å²) in [5.74, 6) is -0.328. The number of carbonyl (C=O) groups is 1. The smallest absolute Gasteiger partial charge is 0.306 e. The van der Waals surface area contributed by atoms with E-state index in [1.165, 1.54) is 0 Å². The van der Waals surface area contributed by atoms with Crippen molar-refractivity contribution < 1.29 is 43.8 Å². The molecule has 9 nitrogen and oxygen atoms in total. The molecule has 2 aromatic rings. The lowest BCUT2D eigenvalue weighted by molar-refractivity contribution is -0.317. The Bertz CT molecular complexity index is 863. The summed E-state index contributed by atoms with van der Waals surface area (Å²) in [6, 6.07) is 19.3. The molecule has 0 unspecified atom stereocenters. The highest BCUT2D eigenvalue weighted by atomic mass is 16.7. The molecule has 0 bridgehead atoms. The second-order valence-corrected chi connectivity index (χ2v) is 9.56. The minimum absolute atomic E-state index is 0.112. The van der Waals surface area contributed by atoms with Crippen LogP contribution in [0.4, 0.5) is 0 Å². The highest BCUT2D eigenvalue weighted by molar-refractivity contribution is 5.69. The third-order valence-corrected chi connectivity index (χ3v) is 5.81. The number of carbonyl (C=O) groups excluding carboxylic acids is 1. The Balaban J connectivity index is 1.59. The van der Waals surface area contributed by atoms with Crippen molar-refractivity contribution in [2.45, 2.75) is 70.3 Å². The van der Waals surface area contributed by atoms with Gasteiger partial charge in [-0.3, -0.25) is 4.79 Å². The number of benzene rings is 2. The van der Waals surface area contributed by atoms with Gasteiger partial charge in [0.1, 0.15) is 37.1 Å². The first-order chi connectivity index (χ1) is 17.8. The predicted molar refractivity (Wildman–Crippen MR) is 134 cm³/mol. The second-order valence-electron chi connectivity index (χ2n) is 9.56. The van der Waals surface area contributed by atoms with Crippen molar-refractivity contribution in [3.8, 4) is 0 Å². The van der Waals surface area contributed by atoms with Crippen LogP contribution in [0, 0.1) is 5.92 Å². The van der Waals surface area contributed by atoms with Crippen molar-refractivity contribution in [1.29, 1.82) is 0 Å². The second kappa shape index (κ2) is 15.1. The third kappa shape index (κ3) is 9.79. The van der Waals surface area contributed by atoms with E-state index in [4.69, 9.17) is 23.7 Å². The van der Waals surface area contributed by atoms with E-state index in [2.05, 4.69) is 0 Å². The Labute approximate surface area is 217 Å². The van der Waals surface area contributed by atoms with Gasteiger partial charge in [-0.1, -0.05) is 74.5 Å². The predicted octanol–water partition coefficient (Wildman–Crippen LogP) is 2.20. The Morgan fingerprint density at radius 2 is 1.38 bits per heavy atom. The lowest BCUT2D eigenvalue weighted by atomic mass is 9.99. The third-order valence-electron chi connectivity index (χ3n) is 5.81. The molecule has 5 atom stereocenters. The van der Waals surface area contributed by atoms with Crippen LogP contribution in [0.25, 0.3) is 0 Å². The standard InChI is InChI=1S/C28H38O9/c1-19(2)13-24(29)35-18-23-25(30)26(31)27(32)28(37-23)36-22(16-33-14-20-9-5-3-6-10-20)17-34-15-21-11-7-4-8-12-21/h3-12,19,22-23,25-28,30-32H,13-18H2,1-2H3/t23-,25+,26+,27-,28-/m1/s1. The quantitative estimate of drug-likeness (QED) is 0.323. The summed E-state index contributed by atoms with van der Waals surface area (Å²) in [6.07, 6.45) is -7.34. The molecule has 0 saturated carbocycles. The first kappa shape index (κ1) is 29.2. The fourth-order valence-corrected chi connectivity index (χ4v) is 3.82. The molecule has 0 radical (unpaired) electrons. The van der Waals surface area contributed by atoms with Crippen LogP contribution < -0.4 is 0 Å². The Morgan fingerprint density at radius 3 is 1.89 bits per heavy atom. The zero-order chi connectivity index (χ0) is 26.6. The number of hydrogen-bond donors (Lipinski definition) is 3. The zero-order valence-electron chi connectivity index (χ0n) is 21.3. The van der Waals surface area contributed by atoms with E-state index in [1.54, 1.807) is 0 Å². The van der Waals surface area contributed by atoms with Crippen LogP contribution in [0.15, 0.2) is 60.7 Å². The van der Waals surface area contributed by atoms with Gasteiger partial charge >= 0.3 is 5.97 Å². The summed E-state index contributed by atoms with van der Waals surface area (Å²) in [7, 11) is 0. The molecule has 3 N–H and O–H groups in total. The highest BCUT2D eigenvalue weighted by Gasteiger charge is 2.45. The molecular weight excluding hydrogens is 480 g/mol. The molecule has 1 fully saturated rings. The molecule has 1 heterocycles. The topological polar surface area (TPSA) is 124 Å². The van der Waals surface area contributed by atoms with Crippen LogP contribution in [0.2, 0.25) is 0 Å². The largest absolute Gasteiger partial charge is 0.463 e. The van der Waals surface area contributed by atoms with Gasteiger partial charge in [0.05, 0.1) is 26.4 Å². The van der Waals surface area contributed by atoms with Gasteiger partial charge in [0.25, 0.3) is 0 Å². The number of hydrogen-bond acceptors (Lipinski definition) is 9. The van der Waals surface area contributed by atoms with Crippen LogP contribution in [-0.2, 0) is 41.7 Å². The molecule has 0 aliphatic carbocycles. The average molecular weight is 519 g/mol. The summed E-state index contributed by atoms with van der Waals surface area (Å²) in [4.78, 5) is 11.9. The molecule has 0 aromatic heterocycles. The van der Waals surface area contributed by atoms with E-state index in [-0.39, 0.29) is 32.2 Å². The molecule has 9 heteroatoms. The maximum atomic E-state index is 11.9. The summed E-state index contributed by atoms with van der Waals surface area (Å²) >= 11 is 0. The van der Waals surface area contributed by atoms with Gasteiger partial charge in [-0.25, -0.2) is 0 Å². The van der Waals surface area contributed by atoms with E-state index in [0.29, 0.717) is 13.2 Å². The van der Waals surface area contributed by atoms with Gasteiger partial charge in [0.15, 0.2) is 6.29 Å². The number of rotatable bonds is 14. The molecule has 204 valence electrons.